The van der Waals surface area contributed by atoms with Crippen LogP contribution in [-0.4, -0.2) is 24.3 Å². The van der Waals surface area contributed by atoms with Gasteiger partial charge in [0, 0.05) is 18.3 Å². The molecule has 26 heavy (non-hydrogen) atoms. The summed E-state index contributed by atoms with van der Waals surface area (Å²) in [6, 6.07) is 13.5. The van der Waals surface area contributed by atoms with Gasteiger partial charge < -0.3 is 24.5 Å². The van der Waals surface area contributed by atoms with Crippen molar-refractivity contribution in [3.63, 3.8) is 0 Å². The molecule has 0 aliphatic heterocycles. The van der Waals surface area contributed by atoms with Crippen LogP contribution in [0, 0.1) is 0 Å². The molecule has 0 fully saturated rings. The number of nitrogens with one attached hydrogen (secondary N) is 2. The fraction of sp³-hybridized carbons (Fsp3) is 0.158. The van der Waals surface area contributed by atoms with Gasteiger partial charge in [-0.05, 0) is 42.0 Å². The molecule has 6 nitrogen and oxygen atoms in total. The second-order valence-corrected chi connectivity index (χ2v) is 5.84. The van der Waals surface area contributed by atoms with Crippen molar-refractivity contribution in [1.29, 1.82) is 0 Å². The normalized spacial score (nSPS) is 10.2. The van der Waals surface area contributed by atoms with Crippen molar-refractivity contribution in [3.8, 4) is 22.8 Å². The van der Waals surface area contributed by atoms with Crippen molar-refractivity contribution < 1.29 is 13.9 Å². The van der Waals surface area contributed by atoms with Gasteiger partial charge in [0.1, 0.15) is 11.5 Å². The zero-order valence-corrected chi connectivity index (χ0v) is 15.3. The number of oxazole rings is 1. The minimum absolute atomic E-state index is 0.523. The van der Waals surface area contributed by atoms with E-state index in [4.69, 9.17) is 26.1 Å². The summed E-state index contributed by atoms with van der Waals surface area (Å²) in [5.41, 5.74) is 2.75. The van der Waals surface area contributed by atoms with Crippen LogP contribution in [0.4, 0.5) is 5.69 Å². The number of aromatic nitrogens is 1. The molecule has 134 valence electrons. The minimum atomic E-state index is 0.523. The molecule has 1 aromatic heterocycles. The number of hydrogen-bond acceptors (Lipinski definition) is 5. The molecule has 0 saturated carbocycles. The third-order valence-corrected chi connectivity index (χ3v) is 4.02. The summed E-state index contributed by atoms with van der Waals surface area (Å²) in [4.78, 5) is 3.93. The van der Waals surface area contributed by atoms with Crippen molar-refractivity contribution in [3.05, 3.63) is 60.6 Å². The van der Waals surface area contributed by atoms with E-state index in [1.54, 1.807) is 20.4 Å². The molecule has 0 unspecified atom stereocenters. The zero-order chi connectivity index (χ0) is 18.4. The van der Waals surface area contributed by atoms with Gasteiger partial charge in [-0.3, -0.25) is 0 Å². The highest BCUT2D eigenvalue weighted by Gasteiger charge is 2.10. The Kier molecular flexibility index (Phi) is 5.70. The van der Waals surface area contributed by atoms with Crippen molar-refractivity contribution >= 4 is 23.0 Å². The van der Waals surface area contributed by atoms with Gasteiger partial charge in [0.2, 0.25) is 0 Å². The molecule has 0 atom stereocenters. The van der Waals surface area contributed by atoms with Crippen LogP contribution in [-0.2, 0) is 6.54 Å². The summed E-state index contributed by atoms with van der Waals surface area (Å²) >= 11 is 5.36. The Morgan fingerprint density at radius 2 is 1.92 bits per heavy atom. The van der Waals surface area contributed by atoms with E-state index in [1.165, 1.54) is 6.39 Å². The lowest BCUT2D eigenvalue weighted by Gasteiger charge is -2.13. The maximum atomic E-state index is 5.44. The maximum absolute atomic E-state index is 5.44. The summed E-state index contributed by atoms with van der Waals surface area (Å²) in [5, 5.41) is 6.85. The van der Waals surface area contributed by atoms with E-state index in [1.807, 2.05) is 42.5 Å². The van der Waals surface area contributed by atoms with Crippen LogP contribution < -0.4 is 20.1 Å². The summed E-state index contributed by atoms with van der Waals surface area (Å²) in [6.07, 6.45) is 3.03. The van der Waals surface area contributed by atoms with Gasteiger partial charge in [-0.1, -0.05) is 12.1 Å². The predicted octanol–water partition coefficient (Wildman–Crippen LogP) is 3.85. The van der Waals surface area contributed by atoms with E-state index in [9.17, 15) is 0 Å². The first-order valence-corrected chi connectivity index (χ1v) is 8.35. The molecule has 0 amide bonds. The molecular weight excluding hydrogens is 350 g/mol. The molecule has 1 heterocycles. The largest absolute Gasteiger partial charge is 0.497 e. The van der Waals surface area contributed by atoms with E-state index in [0.717, 1.165) is 22.6 Å². The molecule has 2 N–H and O–H groups in total. The molecular formula is C19H19N3O3S. The number of ether oxygens (including phenoxy) is 2. The number of methoxy groups -OCH3 is 2. The van der Waals surface area contributed by atoms with Crippen LogP contribution in [0.25, 0.3) is 11.3 Å². The fourth-order valence-electron chi connectivity index (χ4n) is 2.42. The first-order valence-electron chi connectivity index (χ1n) is 7.94. The molecule has 0 aliphatic rings. The minimum Gasteiger partial charge on any atom is -0.497 e. The number of hydrogen-bond donors (Lipinski definition) is 2. The topological polar surface area (TPSA) is 68.5 Å². The van der Waals surface area contributed by atoms with Crippen LogP contribution in [0.15, 0.2) is 59.5 Å². The number of thiocarbonyl (C=S) groups is 1. The average Bonchev–Trinajstić information content (AvgIpc) is 3.21. The van der Waals surface area contributed by atoms with Crippen LogP contribution >= 0.6 is 12.2 Å². The summed E-state index contributed by atoms with van der Waals surface area (Å²) in [6.45, 7) is 0.614. The van der Waals surface area contributed by atoms with Crippen molar-refractivity contribution in [2.75, 3.05) is 19.5 Å². The van der Waals surface area contributed by atoms with E-state index in [0.29, 0.717) is 23.2 Å². The van der Waals surface area contributed by atoms with Crippen LogP contribution in [0.3, 0.4) is 0 Å². The number of benzene rings is 2. The quantitative estimate of drug-likeness (QED) is 0.640. The Bertz CT molecular complexity index is 864. The van der Waals surface area contributed by atoms with Crippen LogP contribution in [0.1, 0.15) is 5.56 Å². The van der Waals surface area contributed by atoms with E-state index in [2.05, 4.69) is 15.6 Å². The SMILES string of the molecule is COc1ccc(CNC(=S)Nc2ccc(-c3cnco3)c(OC)c2)cc1. The van der Waals surface area contributed by atoms with Gasteiger partial charge in [-0.15, -0.1) is 0 Å². The van der Waals surface area contributed by atoms with Gasteiger partial charge >= 0.3 is 0 Å². The molecule has 0 spiro atoms. The van der Waals surface area contributed by atoms with Gasteiger partial charge in [0.15, 0.2) is 17.3 Å². The van der Waals surface area contributed by atoms with Crippen molar-refractivity contribution in [2.24, 2.45) is 0 Å². The molecule has 0 bridgehead atoms. The van der Waals surface area contributed by atoms with E-state index >= 15 is 0 Å². The maximum Gasteiger partial charge on any atom is 0.181 e. The lowest BCUT2D eigenvalue weighted by molar-refractivity contribution is 0.414. The highest BCUT2D eigenvalue weighted by atomic mass is 32.1. The van der Waals surface area contributed by atoms with Crippen molar-refractivity contribution in [2.45, 2.75) is 6.54 Å². The lowest BCUT2D eigenvalue weighted by atomic mass is 10.1. The highest BCUT2D eigenvalue weighted by Crippen LogP contribution is 2.32. The number of nitrogens with zero attached hydrogens (tertiary/aromatic N) is 1. The first kappa shape index (κ1) is 17.8. The zero-order valence-electron chi connectivity index (χ0n) is 14.5. The van der Waals surface area contributed by atoms with Crippen LogP contribution in [0.2, 0.25) is 0 Å². The third kappa shape index (κ3) is 4.31. The lowest BCUT2D eigenvalue weighted by Crippen LogP contribution is -2.27. The molecule has 3 rings (SSSR count). The Morgan fingerprint density at radius 3 is 2.58 bits per heavy atom. The Morgan fingerprint density at radius 1 is 1.12 bits per heavy atom. The van der Waals surface area contributed by atoms with Gasteiger partial charge in [0.25, 0.3) is 0 Å². The van der Waals surface area contributed by atoms with Crippen LogP contribution in [0.5, 0.6) is 11.5 Å². The monoisotopic (exact) mass is 369 g/mol. The molecule has 2 aromatic carbocycles. The van der Waals surface area contributed by atoms with Gasteiger partial charge in [-0.25, -0.2) is 4.98 Å². The Balaban J connectivity index is 1.61. The summed E-state index contributed by atoms with van der Waals surface area (Å²) < 4.78 is 15.9. The average molecular weight is 369 g/mol. The standard InChI is InChI=1S/C19H19N3O3S/c1-23-15-6-3-13(4-7-15)10-21-19(26)22-14-5-8-16(17(9-14)24-2)18-11-20-12-25-18/h3-9,11-12H,10H2,1-2H3,(H2,21,22,26). The molecule has 7 heteroatoms. The van der Waals surface area contributed by atoms with Gasteiger partial charge in [0.05, 0.1) is 26.0 Å². The van der Waals surface area contributed by atoms with E-state index in [-0.39, 0.29) is 0 Å². The Hall–Kier alpha value is -3.06. The first-order chi connectivity index (χ1) is 12.7. The fourth-order valence-corrected chi connectivity index (χ4v) is 2.61. The second kappa shape index (κ2) is 8.35. The summed E-state index contributed by atoms with van der Waals surface area (Å²) in [7, 11) is 3.26. The Labute approximate surface area is 157 Å². The van der Waals surface area contributed by atoms with Crippen molar-refractivity contribution in [1.82, 2.24) is 10.3 Å². The number of rotatable bonds is 6. The molecule has 0 aliphatic carbocycles. The molecule has 3 aromatic rings. The van der Waals surface area contributed by atoms with Gasteiger partial charge in [-0.2, -0.15) is 0 Å². The molecule has 0 radical (unpaired) electrons. The third-order valence-electron chi connectivity index (χ3n) is 3.77. The highest BCUT2D eigenvalue weighted by molar-refractivity contribution is 7.80. The molecule has 0 saturated heterocycles. The predicted molar refractivity (Wildman–Crippen MR) is 105 cm³/mol. The second-order valence-electron chi connectivity index (χ2n) is 5.44. The number of anilines is 1. The van der Waals surface area contributed by atoms with E-state index < -0.39 is 0 Å². The summed E-state index contributed by atoms with van der Waals surface area (Å²) in [5.74, 6) is 2.15. The smallest absolute Gasteiger partial charge is 0.181 e.